The summed E-state index contributed by atoms with van der Waals surface area (Å²) in [6.07, 6.45) is 0.581. The van der Waals surface area contributed by atoms with E-state index in [0.29, 0.717) is 18.5 Å². The first-order chi connectivity index (χ1) is 14.3. The largest absolute Gasteiger partial charge is 0.455 e. The number of nitrogens with one attached hydrogen (secondary N) is 1. The molecule has 0 saturated carbocycles. The fourth-order valence-corrected chi connectivity index (χ4v) is 4.65. The number of rotatable bonds is 6. The van der Waals surface area contributed by atoms with Crippen LogP contribution in [0.3, 0.4) is 0 Å². The van der Waals surface area contributed by atoms with Crippen molar-refractivity contribution in [2.75, 3.05) is 25.0 Å². The summed E-state index contributed by atoms with van der Waals surface area (Å²) < 4.78 is 44.6. The number of halogens is 1. The smallest absolute Gasteiger partial charge is 0.309 e. The monoisotopic (exact) mass is 434 g/mol. The lowest BCUT2D eigenvalue weighted by Gasteiger charge is -2.30. The van der Waals surface area contributed by atoms with Crippen molar-refractivity contribution >= 4 is 27.6 Å². The van der Waals surface area contributed by atoms with Gasteiger partial charge in [0.05, 0.1) is 10.8 Å². The Morgan fingerprint density at radius 3 is 2.27 bits per heavy atom. The summed E-state index contributed by atoms with van der Waals surface area (Å²) >= 11 is 0. The number of anilines is 1. The molecule has 0 bridgehead atoms. The lowest BCUT2D eigenvalue weighted by molar-refractivity contribution is -0.152. The number of carbonyl (C=O) groups excluding carboxylic acids is 2. The van der Waals surface area contributed by atoms with Crippen LogP contribution in [0.5, 0.6) is 0 Å². The number of amides is 1. The molecule has 1 aliphatic heterocycles. The summed E-state index contributed by atoms with van der Waals surface area (Å²) in [5, 5.41) is 2.65. The third-order valence-corrected chi connectivity index (χ3v) is 6.83. The van der Waals surface area contributed by atoms with Crippen molar-refractivity contribution in [3.05, 3.63) is 59.9 Å². The number of hydrogen-bond acceptors (Lipinski definition) is 5. The van der Waals surface area contributed by atoms with E-state index in [0.717, 1.165) is 17.7 Å². The predicted octanol–water partition coefficient (Wildman–Crippen LogP) is 2.72. The number of esters is 1. The van der Waals surface area contributed by atoms with E-state index in [-0.39, 0.29) is 18.0 Å². The van der Waals surface area contributed by atoms with Crippen LogP contribution in [0.2, 0.25) is 0 Å². The van der Waals surface area contributed by atoms with Gasteiger partial charge in [-0.1, -0.05) is 17.7 Å². The third kappa shape index (κ3) is 5.43. The molecule has 2 aromatic carbocycles. The zero-order valence-corrected chi connectivity index (χ0v) is 17.3. The molecule has 0 atom stereocenters. The highest BCUT2D eigenvalue weighted by Gasteiger charge is 2.33. The maximum Gasteiger partial charge on any atom is 0.309 e. The van der Waals surface area contributed by atoms with Gasteiger partial charge in [0.2, 0.25) is 10.0 Å². The molecule has 0 aromatic heterocycles. The summed E-state index contributed by atoms with van der Waals surface area (Å²) in [7, 11) is -3.74. The molecule has 0 radical (unpaired) electrons. The van der Waals surface area contributed by atoms with Crippen LogP contribution in [0, 0.1) is 18.7 Å². The van der Waals surface area contributed by atoms with Crippen molar-refractivity contribution in [1.29, 1.82) is 0 Å². The van der Waals surface area contributed by atoms with Crippen LogP contribution in [-0.2, 0) is 24.3 Å². The van der Waals surface area contributed by atoms with Gasteiger partial charge in [-0.05, 0) is 56.2 Å². The second-order valence-corrected chi connectivity index (χ2v) is 9.09. The minimum atomic E-state index is -3.74. The number of hydrogen-bond donors (Lipinski definition) is 1. The van der Waals surface area contributed by atoms with E-state index in [2.05, 4.69) is 5.32 Å². The van der Waals surface area contributed by atoms with Crippen LogP contribution in [0.25, 0.3) is 0 Å². The van der Waals surface area contributed by atoms with Gasteiger partial charge in [0, 0.05) is 18.8 Å². The van der Waals surface area contributed by atoms with Crippen LogP contribution in [0.4, 0.5) is 10.1 Å². The van der Waals surface area contributed by atoms with Crippen LogP contribution in [0.1, 0.15) is 18.4 Å². The van der Waals surface area contributed by atoms with Crippen LogP contribution < -0.4 is 5.32 Å². The Labute approximate surface area is 174 Å². The van der Waals surface area contributed by atoms with Crippen molar-refractivity contribution in [2.24, 2.45) is 5.92 Å². The highest BCUT2D eigenvalue weighted by molar-refractivity contribution is 7.89. The van der Waals surface area contributed by atoms with E-state index in [1.54, 1.807) is 12.1 Å². The van der Waals surface area contributed by atoms with Crippen LogP contribution in [-0.4, -0.2) is 44.3 Å². The Kier molecular flexibility index (Phi) is 6.84. The van der Waals surface area contributed by atoms with Crippen molar-refractivity contribution in [3.8, 4) is 0 Å². The standard InChI is InChI=1S/C21H23FN2O5S/c1-15-2-6-18(7-3-15)23-20(25)14-29-21(26)16-10-12-24(13-11-16)30(27,28)19-8-4-17(22)5-9-19/h2-9,16H,10-14H2,1H3,(H,23,25). The number of sulfonamides is 1. The topological polar surface area (TPSA) is 92.8 Å². The number of benzene rings is 2. The van der Waals surface area contributed by atoms with Crippen molar-refractivity contribution in [3.63, 3.8) is 0 Å². The molecule has 3 rings (SSSR count). The molecule has 30 heavy (non-hydrogen) atoms. The number of carbonyl (C=O) groups is 2. The Morgan fingerprint density at radius 1 is 1.07 bits per heavy atom. The number of piperidine rings is 1. The van der Waals surface area contributed by atoms with E-state index in [1.807, 2.05) is 19.1 Å². The molecule has 1 amide bonds. The third-order valence-electron chi connectivity index (χ3n) is 4.92. The Morgan fingerprint density at radius 2 is 1.67 bits per heavy atom. The lowest BCUT2D eigenvalue weighted by atomic mass is 9.98. The molecule has 1 heterocycles. The second-order valence-electron chi connectivity index (χ2n) is 7.15. The van der Waals surface area contributed by atoms with E-state index < -0.39 is 40.2 Å². The molecule has 0 spiro atoms. The van der Waals surface area contributed by atoms with Gasteiger partial charge in [-0.3, -0.25) is 9.59 Å². The van der Waals surface area contributed by atoms with Crippen LogP contribution in [0.15, 0.2) is 53.4 Å². The molecule has 1 saturated heterocycles. The summed E-state index contributed by atoms with van der Waals surface area (Å²) in [4.78, 5) is 24.2. The van der Waals surface area contributed by atoms with Crippen molar-refractivity contribution in [2.45, 2.75) is 24.7 Å². The summed E-state index contributed by atoms with van der Waals surface area (Å²) in [5.41, 5.74) is 1.67. The zero-order chi connectivity index (χ0) is 21.7. The molecule has 0 unspecified atom stereocenters. The molecule has 9 heteroatoms. The van der Waals surface area contributed by atoms with Gasteiger partial charge in [-0.2, -0.15) is 4.31 Å². The van der Waals surface area contributed by atoms with Crippen molar-refractivity contribution < 1.29 is 27.1 Å². The average Bonchev–Trinajstić information content (AvgIpc) is 2.74. The Hall–Kier alpha value is -2.78. The summed E-state index contributed by atoms with van der Waals surface area (Å²) in [6, 6.07) is 11.9. The van der Waals surface area contributed by atoms with E-state index in [1.165, 1.54) is 16.4 Å². The average molecular weight is 434 g/mol. The molecule has 160 valence electrons. The molecule has 1 N–H and O–H groups in total. The highest BCUT2D eigenvalue weighted by atomic mass is 32.2. The first-order valence-electron chi connectivity index (χ1n) is 9.54. The van der Waals surface area contributed by atoms with E-state index >= 15 is 0 Å². The minimum absolute atomic E-state index is 0.0118. The van der Waals surface area contributed by atoms with Crippen LogP contribution >= 0.6 is 0 Å². The minimum Gasteiger partial charge on any atom is -0.455 e. The number of aryl methyl sites for hydroxylation is 1. The molecule has 0 aliphatic carbocycles. The normalized spacial score (nSPS) is 15.5. The SMILES string of the molecule is Cc1ccc(NC(=O)COC(=O)C2CCN(S(=O)(=O)c3ccc(F)cc3)CC2)cc1. The van der Waals surface area contributed by atoms with Gasteiger partial charge in [0.1, 0.15) is 5.82 Å². The fourth-order valence-electron chi connectivity index (χ4n) is 3.18. The highest BCUT2D eigenvalue weighted by Crippen LogP contribution is 2.24. The quantitative estimate of drug-likeness (QED) is 0.706. The second kappa shape index (κ2) is 9.36. The number of nitrogens with zero attached hydrogens (tertiary/aromatic N) is 1. The summed E-state index contributed by atoms with van der Waals surface area (Å²) in [5.74, 6) is -1.95. The first-order valence-corrected chi connectivity index (χ1v) is 11.0. The fraction of sp³-hybridized carbons (Fsp3) is 0.333. The first kappa shape index (κ1) is 21.9. The molecule has 7 nitrogen and oxygen atoms in total. The maximum absolute atomic E-state index is 13.0. The van der Waals surface area contributed by atoms with Gasteiger partial charge in [-0.15, -0.1) is 0 Å². The van der Waals surface area contributed by atoms with Gasteiger partial charge in [0.25, 0.3) is 5.91 Å². The van der Waals surface area contributed by atoms with Gasteiger partial charge in [-0.25, -0.2) is 12.8 Å². The van der Waals surface area contributed by atoms with Gasteiger partial charge in [0.15, 0.2) is 6.61 Å². The number of ether oxygens (including phenoxy) is 1. The molecule has 1 fully saturated rings. The molecule has 2 aromatic rings. The van der Waals surface area contributed by atoms with Gasteiger partial charge >= 0.3 is 5.97 Å². The van der Waals surface area contributed by atoms with Crippen molar-refractivity contribution in [1.82, 2.24) is 4.31 Å². The molecule has 1 aliphatic rings. The summed E-state index contributed by atoms with van der Waals surface area (Å²) in [6.45, 7) is 1.83. The lowest BCUT2D eigenvalue weighted by Crippen LogP contribution is -2.40. The molecular weight excluding hydrogens is 411 g/mol. The maximum atomic E-state index is 13.0. The van der Waals surface area contributed by atoms with Gasteiger partial charge < -0.3 is 10.1 Å². The van der Waals surface area contributed by atoms with E-state index in [9.17, 15) is 22.4 Å². The Balaban J connectivity index is 1.47. The zero-order valence-electron chi connectivity index (χ0n) is 16.5. The van der Waals surface area contributed by atoms with E-state index in [4.69, 9.17) is 4.74 Å². The molecular formula is C21H23FN2O5S. The predicted molar refractivity (Wildman–Crippen MR) is 109 cm³/mol. The Bertz CT molecular complexity index is 999.